The Hall–Kier alpha value is -6.10. The van der Waals surface area contributed by atoms with Gasteiger partial charge in [-0.2, -0.15) is 9.97 Å². The number of benzene rings is 7. The SMILES string of the molecule is Clc1nc(-c2ccccc2-c2cccc3ccccc23)nc(-c2ccc(-c3ccccc3-c3ccccc3)c3oc4ccccc4c23)n1. The van der Waals surface area contributed by atoms with Gasteiger partial charge in [-0.3, -0.25) is 0 Å². The third-order valence-corrected chi connectivity index (χ3v) is 9.09. The Morgan fingerprint density at radius 3 is 1.77 bits per heavy atom. The first-order valence-corrected chi connectivity index (χ1v) is 16.2. The van der Waals surface area contributed by atoms with Crippen LogP contribution in [0.2, 0.25) is 5.28 Å². The average Bonchev–Trinajstić information content (AvgIpc) is 3.54. The highest BCUT2D eigenvalue weighted by Crippen LogP contribution is 2.44. The predicted octanol–water partition coefficient (Wildman–Crippen LogP) is 11.9. The van der Waals surface area contributed by atoms with Crippen molar-refractivity contribution >= 4 is 44.3 Å². The van der Waals surface area contributed by atoms with Crippen LogP contribution in [-0.2, 0) is 0 Å². The van der Waals surface area contributed by atoms with E-state index in [0.29, 0.717) is 11.6 Å². The van der Waals surface area contributed by atoms with Gasteiger partial charge in [-0.25, -0.2) is 4.98 Å². The van der Waals surface area contributed by atoms with Gasteiger partial charge in [0.05, 0.1) is 0 Å². The first-order chi connectivity index (χ1) is 23.7. The number of hydrogen-bond donors (Lipinski definition) is 0. The molecule has 0 saturated heterocycles. The molecule has 0 saturated carbocycles. The minimum absolute atomic E-state index is 0.127. The maximum absolute atomic E-state index is 6.72. The Morgan fingerprint density at radius 1 is 0.396 bits per heavy atom. The van der Waals surface area contributed by atoms with E-state index >= 15 is 0 Å². The Bertz CT molecular complexity index is 2640. The lowest BCUT2D eigenvalue weighted by atomic mass is 9.92. The van der Waals surface area contributed by atoms with Crippen LogP contribution in [0.4, 0.5) is 0 Å². The molecule has 9 aromatic rings. The third-order valence-electron chi connectivity index (χ3n) is 8.92. The monoisotopic (exact) mass is 635 g/mol. The van der Waals surface area contributed by atoms with Crippen molar-refractivity contribution in [3.8, 4) is 56.2 Å². The zero-order valence-electron chi connectivity index (χ0n) is 25.6. The summed E-state index contributed by atoms with van der Waals surface area (Å²) in [7, 11) is 0. The lowest BCUT2D eigenvalue weighted by molar-refractivity contribution is 0.670. The number of halogens is 1. The van der Waals surface area contributed by atoms with Crippen molar-refractivity contribution < 1.29 is 4.42 Å². The average molecular weight is 636 g/mol. The van der Waals surface area contributed by atoms with Crippen LogP contribution < -0.4 is 0 Å². The maximum Gasteiger partial charge on any atom is 0.226 e. The highest BCUT2D eigenvalue weighted by atomic mass is 35.5. The molecule has 9 rings (SSSR count). The Kier molecular flexibility index (Phi) is 6.81. The van der Waals surface area contributed by atoms with Crippen molar-refractivity contribution in [2.45, 2.75) is 0 Å². The van der Waals surface area contributed by atoms with Crippen LogP contribution in [0.1, 0.15) is 0 Å². The number of hydrogen-bond acceptors (Lipinski definition) is 4. The van der Waals surface area contributed by atoms with Crippen molar-refractivity contribution in [3.05, 3.63) is 163 Å². The van der Waals surface area contributed by atoms with Gasteiger partial charge in [0.1, 0.15) is 11.2 Å². The molecule has 0 atom stereocenters. The molecule has 0 bridgehead atoms. The third kappa shape index (κ3) is 4.74. The molecule has 0 aliphatic heterocycles. The Morgan fingerprint density at radius 2 is 0.958 bits per heavy atom. The molecule has 0 aliphatic carbocycles. The minimum Gasteiger partial charge on any atom is -0.455 e. The first-order valence-electron chi connectivity index (χ1n) is 15.8. The Balaban J connectivity index is 1.26. The van der Waals surface area contributed by atoms with E-state index in [1.165, 1.54) is 5.39 Å². The maximum atomic E-state index is 6.72. The van der Waals surface area contributed by atoms with E-state index in [0.717, 1.165) is 71.8 Å². The summed E-state index contributed by atoms with van der Waals surface area (Å²) < 4.78 is 6.65. The van der Waals surface area contributed by atoms with Crippen molar-refractivity contribution in [3.63, 3.8) is 0 Å². The molecule has 48 heavy (non-hydrogen) atoms. The fraction of sp³-hybridized carbons (Fsp3) is 0. The summed E-state index contributed by atoms with van der Waals surface area (Å²) in [5, 5.41) is 4.37. The predicted molar refractivity (Wildman–Crippen MR) is 197 cm³/mol. The van der Waals surface area contributed by atoms with Crippen molar-refractivity contribution in [1.29, 1.82) is 0 Å². The molecule has 7 aromatic carbocycles. The van der Waals surface area contributed by atoms with E-state index in [-0.39, 0.29) is 5.28 Å². The molecule has 0 amide bonds. The largest absolute Gasteiger partial charge is 0.455 e. The molecule has 2 aromatic heterocycles. The van der Waals surface area contributed by atoms with E-state index in [1.54, 1.807) is 0 Å². The van der Waals surface area contributed by atoms with Crippen molar-refractivity contribution in [2.75, 3.05) is 0 Å². The second-order valence-corrected chi connectivity index (χ2v) is 12.0. The Labute approximate surface area is 282 Å². The fourth-order valence-electron chi connectivity index (χ4n) is 6.78. The summed E-state index contributed by atoms with van der Waals surface area (Å²) >= 11 is 6.72. The van der Waals surface area contributed by atoms with Gasteiger partial charge in [0.2, 0.25) is 5.28 Å². The highest BCUT2D eigenvalue weighted by molar-refractivity contribution is 6.28. The smallest absolute Gasteiger partial charge is 0.226 e. The van der Waals surface area contributed by atoms with Gasteiger partial charge in [0.25, 0.3) is 0 Å². The number of nitrogens with zero attached hydrogens (tertiary/aromatic N) is 3. The van der Waals surface area contributed by atoms with Gasteiger partial charge < -0.3 is 4.42 Å². The van der Waals surface area contributed by atoms with Crippen LogP contribution in [0.5, 0.6) is 0 Å². The molecule has 0 spiro atoms. The van der Waals surface area contributed by atoms with Crippen LogP contribution in [0, 0.1) is 0 Å². The molecule has 0 fully saturated rings. The van der Waals surface area contributed by atoms with Crippen molar-refractivity contribution in [2.24, 2.45) is 0 Å². The van der Waals surface area contributed by atoms with Crippen LogP contribution in [0.15, 0.2) is 162 Å². The summed E-state index contributed by atoms with van der Waals surface area (Å²) in [5.74, 6) is 0.991. The van der Waals surface area contributed by atoms with Gasteiger partial charge >= 0.3 is 0 Å². The summed E-state index contributed by atoms with van der Waals surface area (Å²) in [6, 6.07) is 54.1. The van der Waals surface area contributed by atoms with Crippen LogP contribution >= 0.6 is 11.6 Å². The second-order valence-electron chi connectivity index (χ2n) is 11.7. The fourth-order valence-corrected chi connectivity index (χ4v) is 6.94. The summed E-state index contributed by atoms with van der Waals surface area (Å²) in [4.78, 5) is 14.4. The zero-order chi connectivity index (χ0) is 32.0. The van der Waals surface area contributed by atoms with Crippen LogP contribution in [-0.4, -0.2) is 15.0 Å². The molecule has 5 heteroatoms. The molecule has 226 valence electrons. The molecule has 2 heterocycles. The normalized spacial score (nSPS) is 11.4. The van der Waals surface area contributed by atoms with E-state index in [9.17, 15) is 0 Å². The van der Waals surface area contributed by atoms with Crippen molar-refractivity contribution in [1.82, 2.24) is 15.0 Å². The van der Waals surface area contributed by atoms with Gasteiger partial charge in [-0.05, 0) is 68.4 Å². The van der Waals surface area contributed by atoms with E-state index < -0.39 is 0 Å². The number of para-hydroxylation sites is 1. The minimum atomic E-state index is 0.127. The topological polar surface area (TPSA) is 51.8 Å². The van der Waals surface area contributed by atoms with E-state index in [2.05, 4.69) is 125 Å². The first kappa shape index (κ1) is 28.1. The van der Waals surface area contributed by atoms with E-state index in [4.69, 9.17) is 21.0 Å². The number of fused-ring (bicyclic) bond motifs is 4. The standard InChI is InChI=1S/C43H26ClN3O/c44-43-46-41(35-21-9-8-20-33(35)31-23-12-16-28-15-4-5-17-29(28)31)45-42(47-43)37-26-25-34(40-39(37)36-22-10-11-24-38(36)48-40)32-19-7-6-18-30(32)27-13-2-1-3-14-27/h1-26H. The van der Waals surface area contributed by atoms with Crippen LogP contribution in [0.3, 0.4) is 0 Å². The number of rotatable bonds is 5. The number of aromatic nitrogens is 3. The molecule has 4 nitrogen and oxygen atoms in total. The molecular weight excluding hydrogens is 610 g/mol. The molecule has 0 N–H and O–H groups in total. The molecule has 0 radical (unpaired) electrons. The quantitative estimate of drug-likeness (QED) is 0.189. The van der Waals surface area contributed by atoms with E-state index in [1.807, 2.05) is 42.5 Å². The highest BCUT2D eigenvalue weighted by Gasteiger charge is 2.22. The van der Waals surface area contributed by atoms with Crippen LogP contribution in [0.25, 0.3) is 88.9 Å². The molecular formula is C43H26ClN3O. The lowest BCUT2D eigenvalue weighted by Crippen LogP contribution is -1.99. The summed E-state index contributed by atoms with van der Waals surface area (Å²) in [6.07, 6.45) is 0. The summed E-state index contributed by atoms with van der Waals surface area (Å²) in [5.41, 5.74) is 9.73. The second kappa shape index (κ2) is 11.6. The van der Waals surface area contributed by atoms with Gasteiger partial charge in [0.15, 0.2) is 11.6 Å². The van der Waals surface area contributed by atoms with Gasteiger partial charge in [-0.1, -0.05) is 140 Å². The molecule has 0 unspecified atom stereocenters. The molecule has 0 aliphatic rings. The summed E-state index contributed by atoms with van der Waals surface area (Å²) in [6.45, 7) is 0. The lowest BCUT2D eigenvalue weighted by Gasteiger charge is -2.14. The number of furan rings is 1. The van der Waals surface area contributed by atoms with Gasteiger partial charge in [-0.15, -0.1) is 0 Å². The zero-order valence-corrected chi connectivity index (χ0v) is 26.4. The van der Waals surface area contributed by atoms with Gasteiger partial charge in [0, 0.05) is 27.5 Å².